The van der Waals surface area contributed by atoms with Crippen molar-refractivity contribution in [3.05, 3.63) is 0 Å². The summed E-state index contributed by atoms with van der Waals surface area (Å²) >= 11 is 0. The first kappa shape index (κ1) is 14.2. The molecule has 19 heavy (non-hydrogen) atoms. The largest absolute Gasteiger partial charge is 0.409 e. The van der Waals surface area contributed by atoms with E-state index in [1.807, 2.05) is 6.92 Å². The second kappa shape index (κ2) is 5.39. The minimum Gasteiger partial charge on any atom is -0.409 e. The molecule has 2 aliphatic rings. The van der Waals surface area contributed by atoms with Gasteiger partial charge >= 0.3 is 0 Å². The van der Waals surface area contributed by atoms with E-state index in [-0.39, 0.29) is 17.7 Å². The van der Waals surface area contributed by atoms with Gasteiger partial charge in [-0.15, -0.1) is 0 Å². The van der Waals surface area contributed by atoms with Gasteiger partial charge in [0.15, 0.2) is 5.84 Å². The van der Waals surface area contributed by atoms with Crippen LogP contribution in [0.25, 0.3) is 0 Å². The number of nitrogens with one attached hydrogen (secondary N) is 1. The number of nitrogens with two attached hydrogens (primary N) is 1. The van der Waals surface area contributed by atoms with Gasteiger partial charge in [0.25, 0.3) is 0 Å². The lowest BCUT2D eigenvalue weighted by Gasteiger charge is -2.39. The number of amidine groups is 1. The van der Waals surface area contributed by atoms with Crippen LogP contribution < -0.4 is 11.1 Å². The molecule has 2 aliphatic carbocycles. The maximum atomic E-state index is 12.3. The lowest BCUT2D eigenvalue weighted by Crippen LogP contribution is -2.60. The number of hydrogen-bond acceptors (Lipinski definition) is 3. The van der Waals surface area contributed by atoms with Gasteiger partial charge in [0.2, 0.25) is 5.91 Å². The van der Waals surface area contributed by atoms with Crippen LogP contribution in [0.5, 0.6) is 0 Å². The Morgan fingerprint density at radius 3 is 2.42 bits per heavy atom. The third-order valence-corrected chi connectivity index (χ3v) is 4.83. The van der Waals surface area contributed by atoms with E-state index in [2.05, 4.69) is 17.4 Å². The molecule has 0 bridgehead atoms. The van der Waals surface area contributed by atoms with E-state index in [1.54, 1.807) is 0 Å². The molecule has 2 saturated carbocycles. The predicted molar refractivity (Wildman–Crippen MR) is 73.8 cm³/mol. The van der Waals surface area contributed by atoms with Crippen LogP contribution in [-0.4, -0.2) is 22.5 Å². The molecule has 2 fully saturated rings. The molecule has 108 valence electrons. The highest BCUT2D eigenvalue weighted by atomic mass is 16.4. The van der Waals surface area contributed by atoms with Crippen molar-refractivity contribution < 1.29 is 10.0 Å². The third kappa shape index (κ3) is 3.01. The monoisotopic (exact) mass is 267 g/mol. The fourth-order valence-electron chi connectivity index (χ4n) is 2.96. The lowest BCUT2D eigenvalue weighted by atomic mass is 9.76. The molecule has 1 amide bonds. The van der Waals surface area contributed by atoms with E-state index >= 15 is 0 Å². The molecule has 1 atom stereocenters. The summed E-state index contributed by atoms with van der Waals surface area (Å²) in [6.45, 7) is 4.17. The van der Waals surface area contributed by atoms with Crippen molar-refractivity contribution in [1.82, 2.24) is 5.32 Å². The number of nitrogens with zero attached hydrogens (tertiary/aromatic N) is 1. The summed E-state index contributed by atoms with van der Waals surface area (Å²) in [5, 5.41) is 15.2. The molecular weight excluding hydrogens is 242 g/mol. The van der Waals surface area contributed by atoms with Crippen LogP contribution in [0.2, 0.25) is 0 Å². The van der Waals surface area contributed by atoms with Gasteiger partial charge in [0.1, 0.15) is 5.54 Å². The van der Waals surface area contributed by atoms with Gasteiger partial charge in [0.05, 0.1) is 0 Å². The number of hydrogen-bond donors (Lipinski definition) is 3. The average Bonchev–Trinajstić information content (AvgIpc) is 3.24. The number of oxime groups is 1. The Balaban J connectivity index is 2.07. The van der Waals surface area contributed by atoms with Crippen molar-refractivity contribution in [1.29, 1.82) is 0 Å². The average molecular weight is 267 g/mol. The highest BCUT2D eigenvalue weighted by Gasteiger charge is 2.42. The molecule has 4 N–H and O–H groups in total. The maximum absolute atomic E-state index is 12.3. The molecule has 0 aromatic rings. The molecule has 1 unspecified atom stereocenters. The Bertz CT molecular complexity index is 369. The zero-order valence-electron chi connectivity index (χ0n) is 11.9. The normalized spacial score (nSPS) is 33.8. The smallest absolute Gasteiger partial charge is 0.223 e. The zero-order valence-corrected chi connectivity index (χ0v) is 11.9. The first-order valence-corrected chi connectivity index (χ1v) is 7.28. The molecule has 2 rings (SSSR count). The van der Waals surface area contributed by atoms with Gasteiger partial charge in [-0.25, -0.2) is 0 Å². The van der Waals surface area contributed by atoms with Gasteiger partial charge < -0.3 is 16.3 Å². The fraction of sp³-hybridized carbons (Fsp3) is 0.857. The van der Waals surface area contributed by atoms with E-state index in [0.717, 1.165) is 38.5 Å². The zero-order chi connectivity index (χ0) is 14.0. The molecule has 0 aliphatic heterocycles. The molecule has 0 spiro atoms. The molecule has 0 heterocycles. The third-order valence-electron chi connectivity index (χ3n) is 4.83. The second-order valence-corrected chi connectivity index (χ2v) is 6.37. The van der Waals surface area contributed by atoms with Crippen LogP contribution in [0.15, 0.2) is 5.16 Å². The van der Waals surface area contributed by atoms with E-state index < -0.39 is 5.54 Å². The van der Waals surface area contributed by atoms with Crippen LogP contribution in [0.3, 0.4) is 0 Å². The Morgan fingerprint density at radius 2 is 1.95 bits per heavy atom. The summed E-state index contributed by atoms with van der Waals surface area (Å²) in [7, 11) is 0. The number of amides is 1. The summed E-state index contributed by atoms with van der Waals surface area (Å²) in [6, 6.07) is 0. The predicted octanol–water partition coefficient (Wildman–Crippen LogP) is 1.84. The minimum absolute atomic E-state index is 0.0303. The highest BCUT2D eigenvalue weighted by Crippen LogP contribution is 2.38. The van der Waals surface area contributed by atoms with Crippen LogP contribution in [0, 0.1) is 17.8 Å². The molecule has 0 saturated heterocycles. The van der Waals surface area contributed by atoms with Crippen LogP contribution in [0.1, 0.15) is 52.4 Å². The highest BCUT2D eigenvalue weighted by molar-refractivity contribution is 5.94. The Morgan fingerprint density at radius 1 is 1.37 bits per heavy atom. The van der Waals surface area contributed by atoms with E-state index in [0.29, 0.717) is 11.8 Å². The van der Waals surface area contributed by atoms with Gasteiger partial charge in [-0.2, -0.15) is 0 Å². The standard InChI is InChI=1S/C14H25N3O2/c1-9-5-7-14(8-6-9,13(15)17-19)16-12(18)10(2)11-3-4-11/h9-11,19H,3-8H2,1-2H3,(H2,15,17)(H,16,18). The molecule has 5 nitrogen and oxygen atoms in total. The Hall–Kier alpha value is -1.26. The molecule has 5 heteroatoms. The lowest BCUT2D eigenvalue weighted by molar-refractivity contribution is -0.126. The molecule has 0 aromatic carbocycles. The first-order valence-electron chi connectivity index (χ1n) is 7.28. The first-order chi connectivity index (χ1) is 8.98. The summed E-state index contributed by atoms with van der Waals surface area (Å²) in [5.74, 6) is 1.38. The van der Waals surface area contributed by atoms with Crippen LogP contribution in [0.4, 0.5) is 0 Å². The summed E-state index contributed by atoms with van der Waals surface area (Å²) in [5.41, 5.74) is 5.22. The minimum atomic E-state index is -0.637. The van der Waals surface area contributed by atoms with Crippen molar-refractivity contribution in [2.45, 2.75) is 57.9 Å². The quantitative estimate of drug-likeness (QED) is 0.314. The van der Waals surface area contributed by atoms with E-state index in [4.69, 9.17) is 10.9 Å². The van der Waals surface area contributed by atoms with Gasteiger partial charge in [0, 0.05) is 5.92 Å². The maximum Gasteiger partial charge on any atom is 0.223 e. The van der Waals surface area contributed by atoms with Crippen molar-refractivity contribution in [2.24, 2.45) is 28.6 Å². The number of carbonyl (C=O) groups excluding carboxylic acids is 1. The van der Waals surface area contributed by atoms with Crippen molar-refractivity contribution in [2.75, 3.05) is 0 Å². The second-order valence-electron chi connectivity index (χ2n) is 6.37. The van der Waals surface area contributed by atoms with Crippen molar-refractivity contribution in [3.8, 4) is 0 Å². The number of rotatable bonds is 4. The molecule has 0 aromatic heterocycles. The van der Waals surface area contributed by atoms with E-state index in [1.165, 1.54) is 0 Å². The summed E-state index contributed by atoms with van der Waals surface area (Å²) in [4.78, 5) is 12.3. The van der Waals surface area contributed by atoms with Gasteiger partial charge in [-0.1, -0.05) is 19.0 Å². The van der Waals surface area contributed by atoms with Crippen molar-refractivity contribution in [3.63, 3.8) is 0 Å². The van der Waals surface area contributed by atoms with Gasteiger partial charge in [-0.3, -0.25) is 4.79 Å². The van der Waals surface area contributed by atoms with Crippen LogP contribution in [-0.2, 0) is 4.79 Å². The summed E-state index contributed by atoms with van der Waals surface area (Å²) in [6.07, 6.45) is 5.79. The van der Waals surface area contributed by atoms with Gasteiger partial charge in [-0.05, 0) is 50.4 Å². The SMILES string of the molecule is CC1CCC(NC(=O)C(C)C2CC2)(C(N)=NO)CC1. The van der Waals surface area contributed by atoms with E-state index in [9.17, 15) is 4.79 Å². The van der Waals surface area contributed by atoms with Crippen LogP contribution >= 0.6 is 0 Å². The number of carbonyl (C=O) groups is 1. The Labute approximate surface area is 114 Å². The fourth-order valence-corrected chi connectivity index (χ4v) is 2.96. The molecule has 0 radical (unpaired) electrons. The summed E-state index contributed by atoms with van der Waals surface area (Å²) < 4.78 is 0. The topological polar surface area (TPSA) is 87.7 Å². The van der Waals surface area contributed by atoms with Crippen molar-refractivity contribution >= 4 is 11.7 Å². The molecular formula is C14H25N3O2. The Kier molecular flexibility index (Phi) is 4.02.